The molecule has 0 saturated carbocycles. The SMILES string of the molecule is CCCCN1[C+]=NC=C1.[Cl-]. The van der Waals surface area contributed by atoms with Crippen molar-refractivity contribution < 1.29 is 12.4 Å². The van der Waals surface area contributed by atoms with Gasteiger partial charge in [-0.3, -0.25) is 0 Å². The summed E-state index contributed by atoms with van der Waals surface area (Å²) in [5.74, 6) is 0. The lowest BCUT2D eigenvalue weighted by molar-refractivity contribution is -0.00000197. The summed E-state index contributed by atoms with van der Waals surface area (Å²) >= 11 is 0. The summed E-state index contributed by atoms with van der Waals surface area (Å²) in [6, 6.07) is 0. The van der Waals surface area contributed by atoms with E-state index in [1.54, 1.807) is 6.20 Å². The van der Waals surface area contributed by atoms with Gasteiger partial charge in [-0.1, -0.05) is 13.3 Å². The molecular formula is C7H11ClN2. The zero-order valence-corrected chi connectivity index (χ0v) is 6.80. The zero-order chi connectivity index (χ0) is 6.53. The number of rotatable bonds is 3. The molecule has 0 aliphatic carbocycles. The minimum absolute atomic E-state index is 0. The Morgan fingerprint density at radius 2 is 2.40 bits per heavy atom. The van der Waals surface area contributed by atoms with Crippen LogP contribution < -0.4 is 12.4 Å². The number of unbranched alkanes of at least 4 members (excludes halogenated alkanes) is 1. The summed E-state index contributed by atoms with van der Waals surface area (Å²) in [6.07, 6.45) is 8.98. The van der Waals surface area contributed by atoms with Crippen molar-refractivity contribution in [2.45, 2.75) is 19.8 Å². The summed E-state index contributed by atoms with van der Waals surface area (Å²) in [4.78, 5) is 5.79. The Bertz CT molecular complexity index is 120. The van der Waals surface area contributed by atoms with E-state index in [0.717, 1.165) is 6.54 Å². The van der Waals surface area contributed by atoms with Crippen LogP contribution in [0.4, 0.5) is 0 Å². The first kappa shape index (κ1) is 9.41. The van der Waals surface area contributed by atoms with Gasteiger partial charge < -0.3 is 12.4 Å². The molecule has 1 aliphatic rings. The molecular weight excluding hydrogens is 148 g/mol. The van der Waals surface area contributed by atoms with Gasteiger partial charge in [-0.05, 0) is 11.4 Å². The van der Waals surface area contributed by atoms with E-state index < -0.39 is 0 Å². The molecule has 0 atom stereocenters. The van der Waals surface area contributed by atoms with Gasteiger partial charge in [-0.2, -0.15) is 4.90 Å². The lowest BCUT2D eigenvalue weighted by Gasteiger charge is -1.98. The first-order valence-corrected chi connectivity index (χ1v) is 3.32. The van der Waals surface area contributed by atoms with Crippen LogP contribution in [0.1, 0.15) is 19.8 Å². The summed E-state index contributed by atoms with van der Waals surface area (Å²) in [5, 5.41) is 0. The van der Waals surface area contributed by atoms with Crippen molar-refractivity contribution in [3.05, 3.63) is 12.4 Å². The van der Waals surface area contributed by atoms with Gasteiger partial charge in [0.25, 0.3) is 6.34 Å². The van der Waals surface area contributed by atoms with E-state index in [-0.39, 0.29) is 12.4 Å². The molecule has 0 aromatic carbocycles. The summed E-state index contributed by atoms with van der Waals surface area (Å²) in [5.41, 5.74) is 0. The Morgan fingerprint density at radius 3 is 2.90 bits per heavy atom. The predicted molar refractivity (Wildman–Crippen MR) is 38.2 cm³/mol. The topological polar surface area (TPSA) is 15.6 Å². The van der Waals surface area contributed by atoms with Gasteiger partial charge in [0.05, 0.1) is 6.54 Å². The van der Waals surface area contributed by atoms with Crippen molar-refractivity contribution in [2.24, 2.45) is 4.99 Å². The van der Waals surface area contributed by atoms with Gasteiger partial charge >= 0.3 is 0 Å². The number of hydrogen-bond donors (Lipinski definition) is 0. The minimum atomic E-state index is 0. The molecule has 3 heteroatoms. The largest absolute Gasteiger partial charge is 1.00 e. The van der Waals surface area contributed by atoms with Crippen molar-refractivity contribution >= 4 is 6.34 Å². The summed E-state index contributed by atoms with van der Waals surface area (Å²) in [7, 11) is 0. The maximum Gasteiger partial charge on any atom is 0.255 e. The van der Waals surface area contributed by atoms with Crippen LogP contribution in [0.15, 0.2) is 17.4 Å². The quantitative estimate of drug-likeness (QED) is 0.456. The molecule has 0 saturated heterocycles. The maximum absolute atomic E-state index is 3.81. The molecule has 1 heterocycles. The third kappa shape index (κ3) is 2.81. The third-order valence-corrected chi connectivity index (χ3v) is 1.26. The molecule has 1 aliphatic heterocycles. The van der Waals surface area contributed by atoms with Crippen molar-refractivity contribution in [3.63, 3.8) is 0 Å². The fourth-order valence-corrected chi connectivity index (χ4v) is 0.708. The second-order valence-corrected chi connectivity index (χ2v) is 2.07. The second-order valence-electron chi connectivity index (χ2n) is 2.07. The van der Waals surface area contributed by atoms with Gasteiger partial charge in [-0.25, -0.2) is 0 Å². The predicted octanol–water partition coefficient (Wildman–Crippen LogP) is -1.52. The fourth-order valence-electron chi connectivity index (χ4n) is 0.708. The fraction of sp³-hybridized carbons (Fsp3) is 0.571. The Kier molecular flexibility index (Phi) is 4.91. The van der Waals surface area contributed by atoms with E-state index in [1.807, 2.05) is 11.1 Å². The molecule has 2 nitrogen and oxygen atoms in total. The van der Waals surface area contributed by atoms with E-state index >= 15 is 0 Å². The molecule has 0 aromatic rings. The number of hydrogen-bond acceptors (Lipinski definition) is 2. The van der Waals surface area contributed by atoms with Crippen LogP contribution in [-0.4, -0.2) is 17.8 Å². The normalized spacial score (nSPS) is 13.1. The van der Waals surface area contributed by atoms with E-state index in [2.05, 4.69) is 18.3 Å². The highest BCUT2D eigenvalue weighted by atomic mass is 35.5. The zero-order valence-electron chi connectivity index (χ0n) is 6.05. The molecule has 0 fully saturated rings. The van der Waals surface area contributed by atoms with Crippen LogP contribution in [0.2, 0.25) is 0 Å². The lowest BCUT2D eigenvalue weighted by Crippen LogP contribution is -3.00. The Hall–Kier alpha value is -0.590. The Morgan fingerprint density at radius 1 is 1.60 bits per heavy atom. The molecule has 0 aromatic heterocycles. The molecule has 10 heavy (non-hydrogen) atoms. The van der Waals surface area contributed by atoms with E-state index in [9.17, 15) is 0 Å². The van der Waals surface area contributed by atoms with E-state index in [1.165, 1.54) is 12.8 Å². The molecule has 0 amide bonds. The van der Waals surface area contributed by atoms with Gasteiger partial charge in [0.15, 0.2) is 6.20 Å². The van der Waals surface area contributed by atoms with Crippen LogP contribution in [0.3, 0.4) is 0 Å². The monoisotopic (exact) mass is 158 g/mol. The van der Waals surface area contributed by atoms with Gasteiger partial charge in [0, 0.05) is 0 Å². The van der Waals surface area contributed by atoms with Gasteiger partial charge in [-0.15, -0.1) is 0 Å². The van der Waals surface area contributed by atoms with Crippen molar-refractivity contribution in [1.82, 2.24) is 4.90 Å². The highest BCUT2D eigenvalue weighted by Gasteiger charge is 2.07. The highest BCUT2D eigenvalue weighted by molar-refractivity contribution is 5.59. The molecule has 0 bridgehead atoms. The molecule has 0 radical (unpaired) electrons. The highest BCUT2D eigenvalue weighted by Crippen LogP contribution is 1.97. The number of halogens is 1. The number of aliphatic imine (C=N–C) groups is 1. The van der Waals surface area contributed by atoms with Crippen LogP contribution >= 0.6 is 0 Å². The van der Waals surface area contributed by atoms with Crippen LogP contribution in [-0.2, 0) is 0 Å². The van der Waals surface area contributed by atoms with Crippen molar-refractivity contribution in [1.29, 1.82) is 0 Å². The smallest absolute Gasteiger partial charge is 0.255 e. The molecule has 56 valence electrons. The molecule has 0 N–H and O–H groups in total. The third-order valence-electron chi connectivity index (χ3n) is 1.26. The summed E-state index contributed by atoms with van der Waals surface area (Å²) in [6.45, 7) is 3.23. The molecule has 0 unspecified atom stereocenters. The average molecular weight is 159 g/mol. The second kappa shape index (κ2) is 5.21. The van der Waals surface area contributed by atoms with Crippen molar-refractivity contribution in [2.75, 3.05) is 6.54 Å². The molecule has 0 spiro atoms. The first-order chi connectivity index (χ1) is 4.43. The van der Waals surface area contributed by atoms with E-state index in [4.69, 9.17) is 0 Å². The van der Waals surface area contributed by atoms with Crippen LogP contribution in [0.25, 0.3) is 0 Å². The molecule has 1 rings (SSSR count). The Balaban J connectivity index is 0.000000810. The lowest BCUT2D eigenvalue weighted by atomic mass is 10.3. The van der Waals surface area contributed by atoms with Gasteiger partial charge in [0.2, 0.25) is 6.20 Å². The average Bonchev–Trinajstić information content (AvgIpc) is 2.34. The van der Waals surface area contributed by atoms with Crippen LogP contribution in [0.5, 0.6) is 0 Å². The standard InChI is InChI=1S/C7H11N2.ClH/c1-2-3-5-9-6-4-8-7-9;/h4,6H,2-3,5H2,1H3;1H/q+1;/p-1. The van der Waals surface area contributed by atoms with Gasteiger partial charge in [0.1, 0.15) is 0 Å². The number of nitrogens with zero attached hydrogens (tertiary/aromatic N) is 2. The minimum Gasteiger partial charge on any atom is -1.00 e. The van der Waals surface area contributed by atoms with Crippen molar-refractivity contribution in [3.8, 4) is 0 Å². The summed E-state index contributed by atoms with van der Waals surface area (Å²) < 4.78 is 0. The van der Waals surface area contributed by atoms with E-state index in [0.29, 0.717) is 0 Å². The first-order valence-electron chi connectivity index (χ1n) is 3.32. The Labute approximate surface area is 68.0 Å². The van der Waals surface area contributed by atoms with Crippen LogP contribution in [0, 0.1) is 0 Å². The maximum atomic E-state index is 3.81.